The van der Waals surface area contributed by atoms with E-state index >= 15 is 0 Å². The van der Waals surface area contributed by atoms with Crippen LogP contribution in [0.25, 0.3) is 11.3 Å². The Kier molecular flexibility index (Phi) is 4.03. The number of aryl methyl sites for hydroxylation is 2. The Morgan fingerprint density at radius 1 is 1.25 bits per heavy atom. The normalized spacial score (nSPS) is 15.5. The number of carbonyl (C=O) groups is 1. The van der Waals surface area contributed by atoms with Crippen molar-refractivity contribution in [3.05, 3.63) is 29.5 Å². The van der Waals surface area contributed by atoms with Gasteiger partial charge in [0.1, 0.15) is 22.9 Å². The van der Waals surface area contributed by atoms with Gasteiger partial charge in [-0.2, -0.15) is 5.10 Å². The molecule has 0 fully saturated rings. The third-order valence-electron chi connectivity index (χ3n) is 3.69. The van der Waals surface area contributed by atoms with Crippen LogP contribution in [0.15, 0.2) is 12.1 Å². The number of ether oxygens (including phenoxy) is 1. The summed E-state index contributed by atoms with van der Waals surface area (Å²) in [6, 6.07) is 1.89. The molecule has 0 spiro atoms. The predicted octanol–water partition coefficient (Wildman–Crippen LogP) is 3.11. The van der Waals surface area contributed by atoms with Gasteiger partial charge in [-0.3, -0.25) is 4.90 Å². The fourth-order valence-corrected chi connectivity index (χ4v) is 2.75. The van der Waals surface area contributed by atoms with Crippen LogP contribution in [0.1, 0.15) is 51.0 Å². The van der Waals surface area contributed by atoms with Gasteiger partial charge in [0.15, 0.2) is 5.65 Å². The van der Waals surface area contributed by atoms with E-state index in [1.165, 1.54) is 0 Å². The second kappa shape index (κ2) is 5.89. The zero-order valence-electron chi connectivity index (χ0n) is 14.8. The van der Waals surface area contributed by atoms with Gasteiger partial charge in [-0.05, 0) is 47.5 Å². The number of aromatic nitrogens is 4. The molecule has 0 saturated carbocycles. The Bertz CT molecular complexity index is 816. The lowest BCUT2D eigenvalue weighted by molar-refractivity contribution is 0.0346. The molecule has 0 aromatic carbocycles. The molecule has 0 aliphatic carbocycles. The molecule has 0 saturated heterocycles. The van der Waals surface area contributed by atoms with Gasteiger partial charge in [0.2, 0.25) is 0 Å². The van der Waals surface area contributed by atoms with Gasteiger partial charge in [-0.25, -0.2) is 19.3 Å². The van der Waals surface area contributed by atoms with E-state index in [4.69, 9.17) is 4.74 Å². The Labute approximate surface area is 141 Å². The molecule has 7 heteroatoms. The summed E-state index contributed by atoms with van der Waals surface area (Å²) in [5.41, 5.74) is 1.68. The first-order valence-corrected chi connectivity index (χ1v) is 8.17. The minimum Gasteiger partial charge on any atom is -0.443 e. The van der Waals surface area contributed by atoms with Crippen LogP contribution in [0.3, 0.4) is 0 Å². The summed E-state index contributed by atoms with van der Waals surface area (Å²) in [6.07, 6.45) is 3.51. The number of nitrogens with zero attached hydrogens (tertiary/aromatic N) is 5. The molecule has 3 heterocycles. The fraction of sp³-hybridized carbons (Fsp3) is 0.529. The zero-order chi connectivity index (χ0) is 17.5. The first kappa shape index (κ1) is 16.4. The average Bonchev–Trinajstić information content (AvgIpc) is 2.89. The van der Waals surface area contributed by atoms with Gasteiger partial charge in [0.05, 0.1) is 5.70 Å². The quantitative estimate of drug-likeness (QED) is 0.804. The number of hydrogen-bond acceptors (Lipinski definition) is 5. The van der Waals surface area contributed by atoms with Crippen LogP contribution in [-0.4, -0.2) is 42.7 Å². The van der Waals surface area contributed by atoms with Gasteiger partial charge in [0.25, 0.3) is 0 Å². The molecule has 3 rings (SSSR count). The smallest absolute Gasteiger partial charge is 0.414 e. The lowest BCUT2D eigenvalue weighted by Crippen LogP contribution is -2.37. The number of carbonyl (C=O) groups excluding carboxylic acids is 1. The van der Waals surface area contributed by atoms with Crippen LogP contribution in [0, 0.1) is 13.8 Å². The van der Waals surface area contributed by atoms with Crippen molar-refractivity contribution < 1.29 is 9.53 Å². The summed E-state index contributed by atoms with van der Waals surface area (Å²) in [4.78, 5) is 22.9. The van der Waals surface area contributed by atoms with Crippen molar-refractivity contribution in [2.75, 3.05) is 6.54 Å². The van der Waals surface area contributed by atoms with E-state index in [-0.39, 0.29) is 6.09 Å². The third kappa shape index (κ3) is 3.25. The summed E-state index contributed by atoms with van der Waals surface area (Å²) in [6.45, 7) is 9.96. The Hall–Kier alpha value is -2.44. The van der Waals surface area contributed by atoms with Crippen molar-refractivity contribution in [1.29, 1.82) is 0 Å². The maximum Gasteiger partial charge on any atom is 0.414 e. The molecule has 0 N–H and O–H groups in total. The summed E-state index contributed by atoms with van der Waals surface area (Å²) >= 11 is 0. The van der Waals surface area contributed by atoms with Crippen LogP contribution in [0.5, 0.6) is 0 Å². The minimum absolute atomic E-state index is 0.343. The molecular formula is C17H23N5O2. The molecule has 2 aromatic rings. The lowest BCUT2D eigenvalue weighted by Gasteiger charge is -2.30. The predicted molar refractivity (Wildman–Crippen MR) is 90.4 cm³/mol. The van der Waals surface area contributed by atoms with Crippen LogP contribution >= 0.6 is 0 Å². The van der Waals surface area contributed by atoms with E-state index in [9.17, 15) is 4.79 Å². The first-order valence-electron chi connectivity index (χ1n) is 8.17. The van der Waals surface area contributed by atoms with E-state index in [1.54, 1.807) is 9.42 Å². The standard InChI is InChI=1S/C17H23N5O2/c1-11-18-12(2)22-15(19-11)10-13(20-22)14-8-6-7-9-21(14)16(23)24-17(3,4)5/h8,10H,6-7,9H2,1-5H3. The second-order valence-corrected chi connectivity index (χ2v) is 6.98. The minimum atomic E-state index is -0.530. The largest absolute Gasteiger partial charge is 0.443 e. The van der Waals surface area contributed by atoms with E-state index in [0.29, 0.717) is 18.1 Å². The Balaban J connectivity index is 1.98. The van der Waals surface area contributed by atoms with Crippen molar-refractivity contribution in [3.63, 3.8) is 0 Å². The van der Waals surface area contributed by atoms with Gasteiger partial charge >= 0.3 is 6.09 Å². The summed E-state index contributed by atoms with van der Waals surface area (Å²) in [5, 5.41) is 4.58. The maximum absolute atomic E-state index is 12.5. The highest BCUT2D eigenvalue weighted by atomic mass is 16.6. The van der Waals surface area contributed by atoms with Crippen molar-refractivity contribution in [1.82, 2.24) is 24.5 Å². The number of allylic oxidation sites excluding steroid dienone is 1. The fourth-order valence-electron chi connectivity index (χ4n) is 2.75. The van der Waals surface area contributed by atoms with Crippen molar-refractivity contribution in [2.45, 2.75) is 53.1 Å². The molecule has 7 nitrogen and oxygen atoms in total. The Morgan fingerprint density at radius 2 is 2.00 bits per heavy atom. The highest BCUT2D eigenvalue weighted by molar-refractivity contribution is 5.82. The topological polar surface area (TPSA) is 72.6 Å². The summed E-state index contributed by atoms with van der Waals surface area (Å²) in [5.74, 6) is 1.47. The molecule has 0 radical (unpaired) electrons. The van der Waals surface area contributed by atoms with Crippen molar-refractivity contribution in [3.8, 4) is 0 Å². The van der Waals surface area contributed by atoms with Gasteiger partial charge in [-0.15, -0.1) is 0 Å². The number of hydrogen-bond donors (Lipinski definition) is 0. The first-order chi connectivity index (χ1) is 11.2. The molecule has 0 atom stereocenters. The van der Waals surface area contributed by atoms with Gasteiger partial charge < -0.3 is 4.74 Å². The van der Waals surface area contributed by atoms with E-state index in [1.807, 2.05) is 46.8 Å². The Morgan fingerprint density at radius 3 is 2.71 bits per heavy atom. The summed E-state index contributed by atoms with van der Waals surface area (Å²) in [7, 11) is 0. The third-order valence-corrected chi connectivity index (χ3v) is 3.69. The molecule has 128 valence electrons. The van der Waals surface area contributed by atoms with Crippen LogP contribution in [0.4, 0.5) is 4.79 Å². The molecule has 1 aliphatic rings. The molecule has 2 aromatic heterocycles. The molecule has 0 bridgehead atoms. The second-order valence-electron chi connectivity index (χ2n) is 6.98. The molecule has 1 aliphatic heterocycles. The zero-order valence-corrected chi connectivity index (χ0v) is 14.8. The average molecular weight is 329 g/mol. The molecule has 0 unspecified atom stereocenters. The van der Waals surface area contributed by atoms with Crippen LogP contribution in [-0.2, 0) is 4.74 Å². The maximum atomic E-state index is 12.5. The van der Waals surface area contributed by atoms with Crippen LogP contribution < -0.4 is 0 Å². The van der Waals surface area contributed by atoms with E-state index < -0.39 is 5.60 Å². The van der Waals surface area contributed by atoms with Crippen molar-refractivity contribution in [2.24, 2.45) is 0 Å². The SMILES string of the molecule is Cc1nc(C)n2nc(C3=CCCCN3C(=O)OC(C)(C)C)cc2n1. The van der Waals surface area contributed by atoms with Gasteiger partial charge in [0, 0.05) is 12.6 Å². The highest BCUT2D eigenvalue weighted by Crippen LogP contribution is 2.26. The van der Waals surface area contributed by atoms with Crippen molar-refractivity contribution >= 4 is 17.4 Å². The van der Waals surface area contributed by atoms with Crippen LogP contribution in [0.2, 0.25) is 0 Å². The monoisotopic (exact) mass is 329 g/mol. The van der Waals surface area contributed by atoms with E-state index in [2.05, 4.69) is 15.1 Å². The summed E-state index contributed by atoms with van der Waals surface area (Å²) < 4.78 is 7.23. The molecule has 1 amide bonds. The van der Waals surface area contributed by atoms with E-state index in [0.717, 1.165) is 30.0 Å². The lowest BCUT2D eigenvalue weighted by atomic mass is 10.1. The number of amides is 1. The highest BCUT2D eigenvalue weighted by Gasteiger charge is 2.28. The molecule has 24 heavy (non-hydrogen) atoms. The number of rotatable bonds is 1. The molecular weight excluding hydrogens is 306 g/mol. The number of fused-ring (bicyclic) bond motifs is 1. The van der Waals surface area contributed by atoms with Gasteiger partial charge in [-0.1, -0.05) is 6.08 Å².